The summed E-state index contributed by atoms with van der Waals surface area (Å²) in [5.41, 5.74) is 0.914. The molecule has 0 bridgehead atoms. The molecule has 32 heavy (non-hydrogen) atoms. The lowest BCUT2D eigenvalue weighted by Gasteiger charge is -2.36. The Kier molecular flexibility index (Phi) is 6.75. The summed E-state index contributed by atoms with van der Waals surface area (Å²) in [6, 6.07) is 8.04. The number of aliphatic imine (C=N–C) groups is 1. The van der Waals surface area contributed by atoms with Crippen molar-refractivity contribution < 1.29 is 18.8 Å². The molecule has 168 valence electrons. The van der Waals surface area contributed by atoms with Crippen molar-refractivity contribution >= 4 is 51.2 Å². The summed E-state index contributed by atoms with van der Waals surface area (Å²) >= 11 is 5.71. The van der Waals surface area contributed by atoms with Crippen molar-refractivity contribution in [2.24, 2.45) is 4.99 Å². The van der Waals surface area contributed by atoms with Gasteiger partial charge in [0.2, 0.25) is 0 Å². The van der Waals surface area contributed by atoms with Crippen LogP contribution in [0.15, 0.2) is 35.3 Å². The largest absolute Gasteiger partial charge is 0.442 e. The number of benzene rings is 1. The van der Waals surface area contributed by atoms with Crippen LogP contribution in [0, 0.1) is 15.9 Å². The van der Waals surface area contributed by atoms with Crippen LogP contribution in [0.25, 0.3) is 0 Å². The smallest absolute Gasteiger partial charge is 0.414 e. The van der Waals surface area contributed by atoms with Crippen LogP contribution in [0.5, 0.6) is 0 Å². The Morgan fingerprint density at radius 1 is 1.28 bits per heavy atom. The topological polar surface area (TPSA) is 91.5 Å². The molecule has 1 amide bonds. The van der Waals surface area contributed by atoms with Crippen molar-refractivity contribution in [1.29, 1.82) is 0 Å². The Morgan fingerprint density at radius 2 is 2.06 bits per heavy atom. The minimum Gasteiger partial charge on any atom is -0.442 e. The molecule has 0 aliphatic carbocycles. The Bertz CT molecular complexity index is 1070. The van der Waals surface area contributed by atoms with Gasteiger partial charge in [0, 0.05) is 43.7 Å². The zero-order chi connectivity index (χ0) is 22.7. The lowest BCUT2D eigenvalue weighted by Crippen LogP contribution is -2.46. The van der Waals surface area contributed by atoms with Crippen LogP contribution in [-0.2, 0) is 11.3 Å². The maximum Gasteiger partial charge on any atom is 0.414 e. The zero-order valence-corrected chi connectivity index (χ0v) is 18.6. The normalized spacial score (nSPS) is 19.0. The molecule has 2 saturated heterocycles. The van der Waals surface area contributed by atoms with E-state index in [1.807, 2.05) is 4.90 Å². The molecule has 4 rings (SSSR count). The first-order valence-electron chi connectivity index (χ1n) is 9.96. The number of nitrogens with zero attached hydrogens (tertiary/aromatic N) is 5. The van der Waals surface area contributed by atoms with Gasteiger partial charge >= 0.3 is 11.1 Å². The van der Waals surface area contributed by atoms with Gasteiger partial charge < -0.3 is 9.64 Å². The summed E-state index contributed by atoms with van der Waals surface area (Å²) in [5.74, 6) is -0.405. The highest BCUT2D eigenvalue weighted by molar-refractivity contribution is 7.78. The van der Waals surface area contributed by atoms with E-state index in [2.05, 4.69) is 27.3 Å². The van der Waals surface area contributed by atoms with Crippen LogP contribution in [0.1, 0.15) is 4.88 Å². The van der Waals surface area contributed by atoms with Crippen LogP contribution >= 0.6 is 23.6 Å². The number of hydrogen-bond acceptors (Lipinski definition) is 9. The quantitative estimate of drug-likeness (QED) is 0.261. The molecule has 9 nitrogen and oxygen atoms in total. The molecular weight excluding hydrogens is 457 g/mol. The highest BCUT2D eigenvalue weighted by Gasteiger charge is 2.33. The van der Waals surface area contributed by atoms with E-state index in [4.69, 9.17) is 4.74 Å². The van der Waals surface area contributed by atoms with Crippen molar-refractivity contribution in [3.63, 3.8) is 0 Å². The van der Waals surface area contributed by atoms with Gasteiger partial charge in [0.05, 0.1) is 34.5 Å². The van der Waals surface area contributed by atoms with Gasteiger partial charge in [-0.05, 0) is 36.5 Å². The van der Waals surface area contributed by atoms with Crippen LogP contribution in [-0.4, -0.2) is 66.5 Å². The molecule has 12 heteroatoms. The number of rotatable bonds is 7. The monoisotopic (exact) mass is 477 g/mol. The molecule has 0 radical (unpaired) electrons. The Morgan fingerprint density at radius 3 is 2.72 bits per heavy atom. The van der Waals surface area contributed by atoms with Crippen LogP contribution in [0.2, 0.25) is 0 Å². The summed E-state index contributed by atoms with van der Waals surface area (Å²) in [6.07, 6.45) is -0.970. The van der Waals surface area contributed by atoms with Gasteiger partial charge in [-0.3, -0.25) is 19.9 Å². The second kappa shape index (κ2) is 9.70. The van der Waals surface area contributed by atoms with E-state index in [1.54, 1.807) is 18.2 Å². The highest BCUT2D eigenvalue weighted by atomic mass is 32.1. The third-order valence-electron chi connectivity index (χ3n) is 5.40. The predicted octanol–water partition coefficient (Wildman–Crippen LogP) is 3.55. The van der Waals surface area contributed by atoms with Crippen molar-refractivity contribution in [3.05, 3.63) is 51.1 Å². The van der Waals surface area contributed by atoms with E-state index in [-0.39, 0.29) is 23.0 Å². The minimum atomic E-state index is -0.538. The van der Waals surface area contributed by atoms with Crippen molar-refractivity contribution in [1.82, 2.24) is 4.90 Å². The molecule has 1 atom stereocenters. The number of anilines is 2. The first-order chi connectivity index (χ1) is 15.4. The molecule has 1 aromatic carbocycles. The third kappa shape index (κ3) is 4.94. The average Bonchev–Trinajstić information content (AvgIpc) is 3.39. The van der Waals surface area contributed by atoms with Gasteiger partial charge in [0.25, 0.3) is 0 Å². The summed E-state index contributed by atoms with van der Waals surface area (Å²) in [6.45, 7) is 3.84. The van der Waals surface area contributed by atoms with E-state index >= 15 is 0 Å². The molecule has 3 heterocycles. The first-order valence-corrected chi connectivity index (χ1v) is 11.2. The fourth-order valence-electron chi connectivity index (χ4n) is 3.80. The number of hydrogen-bond donors (Lipinski definition) is 0. The molecule has 0 N–H and O–H groups in total. The number of isothiocyanates is 1. The molecule has 2 aliphatic rings. The zero-order valence-electron chi connectivity index (χ0n) is 17.0. The molecule has 1 unspecified atom stereocenters. The van der Waals surface area contributed by atoms with E-state index in [1.165, 1.54) is 28.4 Å². The number of cyclic esters (lactones) is 1. The van der Waals surface area contributed by atoms with Gasteiger partial charge in [-0.2, -0.15) is 0 Å². The van der Waals surface area contributed by atoms with Gasteiger partial charge in [0.15, 0.2) is 0 Å². The number of ether oxygens (including phenoxy) is 1. The van der Waals surface area contributed by atoms with Crippen LogP contribution in [0.4, 0.5) is 25.6 Å². The van der Waals surface area contributed by atoms with Crippen molar-refractivity contribution in [3.8, 4) is 0 Å². The number of piperazine rings is 1. The number of carbonyl (C=O) groups is 1. The summed E-state index contributed by atoms with van der Waals surface area (Å²) in [7, 11) is 0. The SMILES string of the molecule is O=C1OC(CN=C=S)CN1c1ccc(N2CCN(Cc3ccc([N+](=O)[O-])s3)CC2)c(F)c1. The number of halogens is 1. The second-order valence-corrected chi connectivity index (χ2v) is 8.77. The van der Waals surface area contributed by atoms with Gasteiger partial charge in [-0.25, -0.2) is 14.2 Å². The van der Waals surface area contributed by atoms with Gasteiger partial charge in [0.1, 0.15) is 11.9 Å². The van der Waals surface area contributed by atoms with E-state index in [0.29, 0.717) is 44.1 Å². The average molecular weight is 478 g/mol. The maximum atomic E-state index is 14.9. The van der Waals surface area contributed by atoms with Crippen molar-refractivity contribution in [2.75, 3.05) is 49.1 Å². The number of carbonyl (C=O) groups excluding carboxylic acids is 1. The molecule has 0 saturated carbocycles. The van der Waals surface area contributed by atoms with Crippen LogP contribution in [0.3, 0.4) is 0 Å². The fraction of sp³-hybridized carbons (Fsp3) is 0.400. The van der Waals surface area contributed by atoms with Gasteiger partial charge in [-0.1, -0.05) is 11.3 Å². The number of thiocarbonyl (C=S) groups is 1. The fourth-order valence-corrected chi connectivity index (χ4v) is 4.74. The number of thiophene rings is 1. The molecule has 2 aromatic rings. The van der Waals surface area contributed by atoms with E-state index in [0.717, 1.165) is 4.88 Å². The predicted molar refractivity (Wildman–Crippen MR) is 122 cm³/mol. The Labute approximate surface area is 192 Å². The first kappa shape index (κ1) is 22.3. The van der Waals surface area contributed by atoms with E-state index < -0.39 is 18.0 Å². The number of nitro groups is 1. The molecule has 2 aliphatic heterocycles. The number of amides is 1. The van der Waals surface area contributed by atoms with Crippen LogP contribution < -0.4 is 9.80 Å². The Balaban J connectivity index is 1.35. The molecule has 1 aromatic heterocycles. The third-order valence-corrected chi connectivity index (χ3v) is 6.55. The summed E-state index contributed by atoms with van der Waals surface area (Å²) in [4.78, 5) is 32.9. The van der Waals surface area contributed by atoms with Crippen molar-refractivity contribution in [2.45, 2.75) is 12.6 Å². The summed E-state index contributed by atoms with van der Waals surface area (Å²) in [5, 5.41) is 13.2. The maximum absolute atomic E-state index is 14.9. The lowest BCUT2D eigenvalue weighted by molar-refractivity contribution is -0.380. The van der Waals surface area contributed by atoms with Gasteiger partial charge in [-0.15, -0.1) is 0 Å². The summed E-state index contributed by atoms with van der Waals surface area (Å²) < 4.78 is 20.1. The molecular formula is C20H20FN5O4S2. The highest BCUT2D eigenvalue weighted by Crippen LogP contribution is 2.29. The van der Waals surface area contributed by atoms with E-state index in [9.17, 15) is 19.3 Å². The minimum absolute atomic E-state index is 0.139. The lowest BCUT2D eigenvalue weighted by atomic mass is 10.2. The Hall–Kier alpha value is -2.92. The standard InChI is InChI=1S/C20H20FN5O4S2/c21-17-9-14(25-11-15(10-22-13-31)30-20(25)27)1-3-18(17)24-7-5-23(6-8-24)12-16-2-4-19(32-16)26(28)29/h1-4,9,15H,5-8,10-12H2. The molecule has 2 fully saturated rings. The molecule has 0 spiro atoms. The second-order valence-electron chi connectivity index (χ2n) is 7.44.